The van der Waals surface area contributed by atoms with Crippen molar-refractivity contribution in [1.29, 1.82) is 0 Å². The fourth-order valence-corrected chi connectivity index (χ4v) is 3.36. The lowest BCUT2D eigenvalue weighted by Gasteiger charge is -2.20. The summed E-state index contributed by atoms with van der Waals surface area (Å²) in [4.78, 5) is 16.1. The Morgan fingerprint density at radius 3 is 2.48 bits per heavy atom. The minimum atomic E-state index is 0.152. The van der Waals surface area contributed by atoms with Crippen LogP contribution in [0.4, 0.5) is 5.69 Å². The van der Waals surface area contributed by atoms with Crippen molar-refractivity contribution in [3.05, 3.63) is 41.6 Å². The van der Waals surface area contributed by atoms with E-state index in [1.165, 1.54) is 6.42 Å². The summed E-state index contributed by atoms with van der Waals surface area (Å²) in [6.07, 6.45) is 5.57. The molecule has 0 spiro atoms. The van der Waals surface area contributed by atoms with E-state index >= 15 is 0 Å². The summed E-state index contributed by atoms with van der Waals surface area (Å²) in [5.74, 6) is 0.377. The van der Waals surface area contributed by atoms with E-state index in [9.17, 15) is 4.79 Å². The Bertz CT molecular complexity index is 637. The van der Waals surface area contributed by atoms with Crippen LogP contribution >= 0.6 is 0 Å². The fourth-order valence-electron chi connectivity index (χ4n) is 3.36. The van der Waals surface area contributed by atoms with Crippen molar-refractivity contribution in [2.45, 2.75) is 39.0 Å². The van der Waals surface area contributed by atoms with E-state index < -0.39 is 0 Å². The van der Waals surface area contributed by atoms with Gasteiger partial charge in [0.15, 0.2) is 5.78 Å². The first-order valence-electron chi connectivity index (χ1n) is 7.76. The van der Waals surface area contributed by atoms with Crippen molar-refractivity contribution < 1.29 is 4.79 Å². The zero-order valence-electron chi connectivity index (χ0n) is 12.5. The van der Waals surface area contributed by atoms with E-state index in [1.54, 1.807) is 0 Å². The molecule has 0 bridgehead atoms. The lowest BCUT2D eigenvalue weighted by atomic mass is 9.83. The van der Waals surface area contributed by atoms with Gasteiger partial charge in [0.2, 0.25) is 0 Å². The number of hydrogen-bond acceptors (Lipinski definition) is 2. The van der Waals surface area contributed by atoms with Crippen molar-refractivity contribution in [2.75, 3.05) is 5.73 Å². The molecule has 0 atom stereocenters. The summed E-state index contributed by atoms with van der Waals surface area (Å²) in [7, 11) is 0. The number of rotatable bonds is 3. The summed E-state index contributed by atoms with van der Waals surface area (Å²) in [6, 6.07) is 9.96. The van der Waals surface area contributed by atoms with E-state index in [4.69, 9.17) is 5.73 Å². The average Bonchev–Trinajstić information content (AvgIpc) is 2.83. The van der Waals surface area contributed by atoms with Crippen molar-refractivity contribution >= 4 is 11.5 Å². The molecule has 0 amide bonds. The SMILES string of the molecule is Cc1[nH]c(-c2ccccc2)c(N)c1C(=O)C1CCCCC1. The lowest BCUT2D eigenvalue weighted by molar-refractivity contribution is 0.0890. The molecule has 21 heavy (non-hydrogen) atoms. The molecule has 1 fully saturated rings. The Kier molecular flexibility index (Phi) is 3.82. The smallest absolute Gasteiger partial charge is 0.169 e. The van der Waals surface area contributed by atoms with Gasteiger partial charge in [0.25, 0.3) is 0 Å². The van der Waals surface area contributed by atoms with Crippen LogP contribution in [0.5, 0.6) is 0 Å². The van der Waals surface area contributed by atoms with E-state index in [-0.39, 0.29) is 11.7 Å². The molecule has 0 radical (unpaired) electrons. The van der Waals surface area contributed by atoms with Crippen LogP contribution in [-0.4, -0.2) is 10.8 Å². The predicted octanol–water partition coefficient (Wildman–Crippen LogP) is 4.34. The molecule has 1 aliphatic rings. The van der Waals surface area contributed by atoms with Crippen LogP contribution in [0.1, 0.15) is 48.2 Å². The predicted molar refractivity (Wildman–Crippen MR) is 86.3 cm³/mol. The monoisotopic (exact) mass is 282 g/mol. The number of anilines is 1. The van der Waals surface area contributed by atoms with Gasteiger partial charge in [0.05, 0.1) is 16.9 Å². The van der Waals surface area contributed by atoms with E-state index in [0.717, 1.165) is 42.6 Å². The Morgan fingerprint density at radius 1 is 1.14 bits per heavy atom. The third-order valence-corrected chi connectivity index (χ3v) is 4.51. The van der Waals surface area contributed by atoms with Gasteiger partial charge in [0.1, 0.15) is 0 Å². The number of ketones is 1. The number of hydrogen-bond donors (Lipinski definition) is 2. The Balaban J connectivity index is 1.96. The third kappa shape index (κ3) is 2.60. The second-order valence-corrected chi connectivity index (χ2v) is 5.98. The van der Waals surface area contributed by atoms with Gasteiger partial charge in [0, 0.05) is 17.2 Å². The van der Waals surface area contributed by atoms with Crippen LogP contribution in [0.3, 0.4) is 0 Å². The normalized spacial score (nSPS) is 16.0. The number of carbonyl (C=O) groups excluding carboxylic acids is 1. The van der Waals surface area contributed by atoms with Crippen LogP contribution in [-0.2, 0) is 0 Å². The highest BCUT2D eigenvalue weighted by molar-refractivity contribution is 6.06. The minimum absolute atomic E-state index is 0.152. The van der Waals surface area contributed by atoms with Crippen LogP contribution in [0.15, 0.2) is 30.3 Å². The molecule has 1 aromatic heterocycles. The van der Waals surface area contributed by atoms with E-state index in [1.807, 2.05) is 37.3 Å². The molecule has 0 unspecified atom stereocenters. The molecular weight excluding hydrogens is 260 g/mol. The van der Waals surface area contributed by atoms with Gasteiger partial charge in [-0.05, 0) is 19.8 Å². The number of nitrogens with one attached hydrogen (secondary N) is 1. The maximum absolute atomic E-state index is 12.8. The molecule has 0 aliphatic heterocycles. The highest BCUT2D eigenvalue weighted by atomic mass is 16.1. The quantitative estimate of drug-likeness (QED) is 0.823. The van der Waals surface area contributed by atoms with Crippen LogP contribution in [0, 0.1) is 12.8 Å². The highest BCUT2D eigenvalue weighted by Gasteiger charge is 2.27. The van der Waals surface area contributed by atoms with Gasteiger partial charge < -0.3 is 10.7 Å². The molecule has 3 nitrogen and oxygen atoms in total. The Morgan fingerprint density at radius 2 is 1.81 bits per heavy atom. The molecule has 110 valence electrons. The van der Waals surface area contributed by atoms with Crippen molar-refractivity contribution in [3.63, 3.8) is 0 Å². The molecule has 3 rings (SSSR count). The largest absolute Gasteiger partial charge is 0.396 e. The average molecular weight is 282 g/mol. The van der Waals surface area contributed by atoms with Gasteiger partial charge >= 0.3 is 0 Å². The van der Waals surface area contributed by atoms with Crippen molar-refractivity contribution in [2.24, 2.45) is 5.92 Å². The summed E-state index contributed by atoms with van der Waals surface area (Å²) < 4.78 is 0. The molecule has 0 saturated heterocycles. The zero-order chi connectivity index (χ0) is 14.8. The molecule has 2 aromatic rings. The van der Waals surface area contributed by atoms with E-state index in [0.29, 0.717) is 11.3 Å². The maximum atomic E-state index is 12.8. The zero-order valence-corrected chi connectivity index (χ0v) is 12.5. The number of H-pyrrole nitrogens is 1. The van der Waals surface area contributed by atoms with Gasteiger partial charge in [-0.3, -0.25) is 4.79 Å². The van der Waals surface area contributed by atoms with Gasteiger partial charge in [-0.15, -0.1) is 0 Å². The highest BCUT2D eigenvalue weighted by Crippen LogP contribution is 2.35. The van der Waals surface area contributed by atoms with Crippen molar-refractivity contribution in [1.82, 2.24) is 4.98 Å². The number of nitrogen functional groups attached to an aromatic ring is 1. The van der Waals surface area contributed by atoms with Crippen molar-refractivity contribution in [3.8, 4) is 11.3 Å². The van der Waals surface area contributed by atoms with Crippen LogP contribution < -0.4 is 5.73 Å². The first-order valence-corrected chi connectivity index (χ1v) is 7.76. The molecular formula is C18H22N2O. The number of Topliss-reactive ketones (excluding diaryl/α,β-unsaturated/α-hetero) is 1. The Labute approximate surface area is 125 Å². The second-order valence-electron chi connectivity index (χ2n) is 5.98. The fraction of sp³-hybridized carbons (Fsp3) is 0.389. The van der Waals surface area contributed by atoms with Crippen LogP contribution in [0.2, 0.25) is 0 Å². The summed E-state index contributed by atoms with van der Waals surface area (Å²) in [5.41, 5.74) is 10.4. The van der Waals surface area contributed by atoms with Crippen LogP contribution in [0.25, 0.3) is 11.3 Å². The standard InChI is InChI=1S/C18H22N2O/c1-12-15(18(21)14-10-6-3-7-11-14)16(19)17(20-12)13-8-4-2-5-9-13/h2,4-5,8-9,14,20H,3,6-7,10-11,19H2,1H3. The number of aromatic amines is 1. The molecule has 1 saturated carbocycles. The summed E-state index contributed by atoms with van der Waals surface area (Å²) in [5, 5.41) is 0. The maximum Gasteiger partial charge on any atom is 0.169 e. The third-order valence-electron chi connectivity index (χ3n) is 4.51. The van der Waals surface area contributed by atoms with Gasteiger partial charge in [-0.25, -0.2) is 0 Å². The molecule has 3 heteroatoms. The number of carbonyl (C=O) groups is 1. The number of nitrogens with two attached hydrogens (primary N) is 1. The van der Waals surface area contributed by atoms with Gasteiger partial charge in [-0.1, -0.05) is 49.6 Å². The molecule has 1 aromatic carbocycles. The first-order chi connectivity index (χ1) is 10.2. The minimum Gasteiger partial charge on any atom is -0.396 e. The Hall–Kier alpha value is -2.03. The molecule has 1 aliphatic carbocycles. The lowest BCUT2D eigenvalue weighted by Crippen LogP contribution is -2.19. The second kappa shape index (κ2) is 5.76. The summed E-state index contributed by atoms with van der Waals surface area (Å²) in [6.45, 7) is 1.94. The molecule has 1 heterocycles. The molecule has 3 N–H and O–H groups in total. The summed E-state index contributed by atoms with van der Waals surface area (Å²) >= 11 is 0. The number of aromatic nitrogens is 1. The van der Waals surface area contributed by atoms with E-state index in [2.05, 4.69) is 4.98 Å². The number of aryl methyl sites for hydroxylation is 1. The number of benzene rings is 1. The first kappa shape index (κ1) is 13.9. The van der Waals surface area contributed by atoms with Gasteiger partial charge in [-0.2, -0.15) is 0 Å². The topological polar surface area (TPSA) is 58.9 Å².